The summed E-state index contributed by atoms with van der Waals surface area (Å²) in [6.45, 7) is 0.755. The van der Waals surface area contributed by atoms with Crippen LogP contribution < -0.4 is 4.72 Å². The Bertz CT molecular complexity index is 61.4. The van der Waals surface area contributed by atoms with Gasteiger partial charge in [-0.2, -0.15) is 0 Å². The molecule has 1 saturated heterocycles. The van der Waals surface area contributed by atoms with Crippen molar-refractivity contribution < 1.29 is 5.11 Å². The van der Waals surface area contributed by atoms with Crippen LogP contribution in [0.25, 0.3) is 0 Å². The molecule has 1 unspecified atom stereocenters. The molecule has 0 radical (unpaired) electrons. The van der Waals surface area contributed by atoms with Gasteiger partial charge in [-0.3, -0.25) is 4.72 Å². The summed E-state index contributed by atoms with van der Waals surface area (Å²) in [4.78, 5) is 0. The maximum Gasteiger partial charge on any atom is 0.0674 e. The van der Waals surface area contributed by atoms with E-state index in [0.29, 0.717) is 0 Å². The van der Waals surface area contributed by atoms with E-state index in [2.05, 4.69) is 4.72 Å². The monoisotopic (exact) mass is 133 g/mol. The second kappa shape index (κ2) is 3.33. The fourth-order valence-corrected chi connectivity index (χ4v) is 1.49. The van der Waals surface area contributed by atoms with Gasteiger partial charge in [0, 0.05) is 12.3 Å². The summed E-state index contributed by atoms with van der Waals surface area (Å²) in [5.41, 5.74) is 0. The number of aliphatic hydroxyl groups is 1. The van der Waals surface area contributed by atoms with Crippen LogP contribution in [0.3, 0.4) is 0 Å². The molecule has 1 fully saturated rings. The number of hydrogen-bond donors (Lipinski definition) is 2. The maximum atomic E-state index is 9.01. The van der Waals surface area contributed by atoms with Gasteiger partial charge >= 0.3 is 0 Å². The molecule has 0 aromatic heterocycles. The summed E-state index contributed by atoms with van der Waals surface area (Å²) >= 11 is 1.71. The molecule has 1 atom stereocenters. The van der Waals surface area contributed by atoms with E-state index in [4.69, 9.17) is 5.11 Å². The molecule has 0 aromatic rings. The molecule has 0 saturated carbocycles. The van der Waals surface area contributed by atoms with Crippen molar-refractivity contribution in [1.82, 2.24) is 4.72 Å². The molecular formula is C5H11NOS. The molecule has 2 N–H and O–H groups in total. The number of hydrogen-bond acceptors (Lipinski definition) is 3. The first-order chi connectivity index (χ1) is 3.89. The van der Waals surface area contributed by atoms with E-state index in [1.807, 2.05) is 0 Å². The van der Waals surface area contributed by atoms with Crippen LogP contribution in [0.4, 0.5) is 0 Å². The van der Waals surface area contributed by atoms with Gasteiger partial charge in [0.1, 0.15) is 0 Å². The van der Waals surface area contributed by atoms with Gasteiger partial charge in [-0.1, -0.05) is 11.9 Å². The predicted molar refractivity (Wildman–Crippen MR) is 35.7 cm³/mol. The first-order valence-corrected chi connectivity index (χ1v) is 3.91. The Hall–Kier alpha value is 0.270. The van der Waals surface area contributed by atoms with E-state index in [1.165, 1.54) is 0 Å². The van der Waals surface area contributed by atoms with Crippen molar-refractivity contribution in [2.24, 2.45) is 0 Å². The lowest BCUT2D eigenvalue weighted by molar-refractivity contribution is 0.171. The lowest BCUT2D eigenvalue weighted by Gasteiger charge is -2.02. The number of β-amino-alcohol motifs (C(OH)–C–C–N with tert-alkyl or cyclic N) is 1. The molecule has 3 heteroatoms. The Kier molecular flexibility index (Phi) is 2.66. The Balaban J connectivity index is 2.17. The van der Waals surface area contributed by atoms with Gasteiger partial charge in [0.25, 0.3) is 0 Å². The SMILES string of the molecule is OC1CCCSNC1. The highest BCUT2D eigenvalue weighted by Crippen LogP contribution is 2.07. The summed E-state index contributed by atoms with van der Waals surface area (Å²) in [5, 5.41) is 9.01. The third kappa shape index (κ3) is 2.03. The smallest absolute Gasteiger partial charge is 0.0674 e. The largest absolute Gasteiger partial charge is 0.392 e. The maximum absolute atomic E-state index is 9.01. The third-order valence-electron chi connectivity index (χ3n) is 1.20. The van der Waals surface area contributed by atoms with E-state index < -0.39 is 0 Å². The van der Waals surface area contributed by atoms with Crippen molar-refractivity contribution in [3.8, 4) is 0 Å². The summed E-state index contributed by atoms with van der Waals surface area (Å²) in [6.07, 6.45) is 1.99. The van der Waals surface area contributed by atoms with Crippen molar-refractivity contribution in [2.75, 3.05) is 12.3 Å². The van der Waals surface area contributed by atoms with Crippen LogP contribution in [0.5, 0.6) is 0 Å². The van der Waals surface area contributed by atoms with Gasteiger partial charge in [0.2, 0.25) is 0 Å². The highest BCUT2D eigenvalue weighted by atomic mass is 32.2. The molecule has 1 aliphatic heterocycles. The van der Waals surface area contributed by atoms with Gasteiger partial charge in [0.05, 0.1) is 6.10 Å². The molecular weight excluding hydrogens is 122 g/mol. The van der Waals surface area contributed by atoms with E-state index in [0.717, 1.165) is 25.1 Å². The molecule has 8 heavy (non-hydrogen) atoms. The minimum Gasteiger partial charge on any atom is -0.392 e. The number of nitrogens with one attached hydrogen (secondary N) is 1. The van der Waals surface area contributed by atoms with Gasteiger partial charge in [-0.05, 0) is 12.8 Å². The molecule has 48 valence electrons. The highest BCUT2D eigenvalue weighted by molar-refractivity contribution is 7.97. The van der Waals surface area contributed by atoms with Gasteiger partial charge in [-0.25, -0.2) is 0 Å². The van der Waals surface area contributed by atoms with Crippen molar-refractivity contribution in [3.63, 3.8) is 0 Å². The van der Waals surface area contributed by atoms with Crippen molar-refractivity contribution in [1.29, 1.82) is 0 Å². The number of aliphatic hydroxyl groups excluding tert-OH is 1. The minimum atomic E-state index is -0.106. The first kappa shape index (κ1) is 6.39. The summed E-state index contributed by atoms with van der Waals surface area (Å²) in [6, 6.07) is 0. The van der Waals surface area contributed by atoms with Crippen LogP contribution in [-0.4, -0.2) is 23.5 Å². The molecule has 1 aliphatic rings. The van der Waals surface area contributed by atoms with Crippen LogP contribution in [0.1, 0.15) is 12.8 Å². The first-order valence-electron chi connectivity index (χ1n) is 2.92. The molecule has 1 heterocycles. The average molecular weight is 133 g/mol. The van der Waals surface area contributed by atoms with Crippen molar-refractivity contribution in [2.45, 2.75) is 18.9 Å². The highest BCUT2D eigenvalue weighted by Gasteiger charge is 2.06. The van der Waals surface area contributed by atoms with Crippen molar-refractivity contribution in [3.05, 3.63) is 0 Å². The van der Waals surface area contributed by atoms with E-state index in [9.17, 15) is 0 Å². The fourth-order valence-electron chi connectivity index (χ4n) is 0.720. The molecule has 0 bridgehead atoms. The molecule has 1 rings (SSSR count). The molecule has 0 amide bonds. The van der Waals surface area contributed by atoms with Gasteiger partial charge in [0.15, 0.2) is 0 Å². The quantitative estimate of drug-likeness (QED) is 0.468. The summed E-state index contributed by atoms with van der Waals surface area (Å²) in [5.74, 6) is 1.14. The molecule has 2 nitrogen and oxygen atoms in total. The fraction of sp³-hybridized carbons (Fsp3) is 1.00. The van der Waals surface area contributed by atoms with E-state index in [1.54, 1.807) is 11.9 Å². The zero-order valence-electron chi connectivity index (χ0n) is 4.76. The Morgan fingerprint density at radius 2 is 2.50 bits per heavy atom. The normalized spacial score (nSPS) is 31.9. The Morgan fingerprint density at radius 3 is 3.38 bits per heavy atom. The lowest BCUT2D eigenvalue weighted by atomic mass is 10.2. The molecule has 0 aromatic carbocycles. The van der Waals surface area contributed by atoms with E-state index >= 15 is 0 Å². The van der Waals surface area contributed by atoms with Gasteiger partial charge in [-0.15, -0.1) is 0 Å². The zero-order valence-corrected chi connectivity index (χ0v) is 5.58. The van der Waals surface area contributed by atoms with Gasteiger partial charge < -0.3 is 5.11 Å². The molecule has 0 spiro atoms. The predicted octanol–water partition coefficient (Wildman–Crippen LogP) is 0.379. The van der Waals surface area contributed by atoms with Crippen LogP contribution >= 0.6 is 11.9 Å². The average Bonchev–Trinajstić information content (AvgIpc) is 1.94. The Labute approximate surface area is 53.8 Å². The molecule has 0 aliphatic carbocycles. The van der Waals surface area contributed by atoms with Crippen LogP contribution in [0.15, 0.2) is 0 Å². The standard InChI is InChI=1S/C5H11NOS/c7-5-2-1-3-8-6-4-5/h5-7H,1-4H2. The summed E-state index contributed by atoms with van der Waals surface area (Å²) < 4.78 is 3.06. The van der Waals surface area contributed by atoms with E-state index in [-0.39, 0.29) is 6.10 Å². The number of rotatable bonds is 0. The van der Waals surface area contributed by atoms with Crippen LogP contribution in [0, 0.1) is 0 Å². The topological polar surface area (TPSA) is 32.3 Å². The Morgan fingerprint density at radius 1 is 1.62 bits per heavy atom. The lowest BCUT2D eigenvalue weighted by Crippen LogP contribution is -2.18. The third-order valence-corrected chi connectivity index (χ3v) is 2.07. The van der Waals surface area contributed by atoms with Crippen LogP contribution in [0.2, 0.25) is 0 Å². The van der Waals surface area contributed by atoms with Crippen LogP contribution in [-0.2, 0) is 0 Å². The summed E-state index contributed by atoms with van der Waals surface area (Å²) in [7, 11) is 0. The zero-order chi connectivity index (χ0) is 5.82. The second-order valence-electron chi connectivity index (χ2n) is 1.99. The second-order valence-corrected chi connectivity index (χ2v) is 2.98. The minimum absolute atomic E-state index is 0.106. The van der Waals surface area contributed by atoms with Crippen molar-refractivity contribution >= 4 is 11.9 Å².